The zero-order valence-corrected chi connectivity index (χ0v) is 7.41. The number of nitrogens with zero attached hydrogens (tertiary/aromatic N) is 1. The van der Waals surface area contributed by atoms with Crippen molar-refractivity contribution in [3.05, 3.63) is 18.0 Å². The molecular weight excluding hydrogens is 154 g/mol. The summed E-state index contributed by atoms with van der Waals surface area (Å²) in [5, 5.41) is 3.58. The van der Waals surface area contributed by atoms with Gasteiger partial charge in [0.15, 0.2) is 0 Å². The molecule has 3 heteroatoms. The minimum absolute atomic E-state index is 0.115. The summed E-state index contributed by atoms with van der Waals surface area (Å²) in [6.07, 6.45) is 4.87. The highest BCUT2D eigenvalue weighted by Crippen LogP contribution is 2.12. The average Bonchev–Trinajstić information content (AvgIpc) is 2.51. The highest BCUT2D eigenvalue weighted by atomic mass is 16.5. The van der Waals surface area contributed by atoms with Crippen molar-refractivity contribution in [3.63, 3.8) is 0 Å². The largest absolute Gasteiger partial charge is 0.364 e. The van der Waals surface area contributed by atoms with Gasteiger partial charge < -0.3 is 4.52 Å². The van der Waals surface area contributed by atoms with Crippen molar-refractivity contribution < 1.29 is 9.32 Å². The van der Waals surface area contributed by atoms with Crippen LogP contribution in [0.3, 0.4) is 0 Å². The number of aromatic nitrogens is 1. The average molecular weight is 167 g/mol. The minimum Gasteiger partial charge on any atom is -0.364 e. The Kier molecular flexibility index (Phi) is 3.02. The van der Waals surface area contributed by atoms with Crippen LogP contribution in [-0.2, 0) is 11.2 Å². The SMILES string of the molecule is CCC(Cc1cnoc1)C(C)=O. The Morgan fingerprint density at radius 3 is 2.92 bits per heavy atom. The molecule has 0 saturated carbocycles. The van der Waals surface area contributed by atoms with Gasteiger partial charge in [0.05, 0.1) is 6.20 Å². The van der Waals surface area contributed by atoms with Gasteiger partial charge in [-0.2, -0.15) is 0 Å². The van der Waals surface area contributed by atoms with E-state index < -0.39 is 0 Å². The second-order valence-corrected chi connectivity index (χ2v) is 2.95. The Hall–Kier alpha value is -1.12. The number of carbonyl (C=O) groups excluding carboxylic acids is 1. The van der Waals surface area contributed by atoms with Crippen LogP contribution in [0.15, 0.2) is 17.0 Å². The van der Waals surface area contributed by atoms with Crippen molar-refractivity contribution in [2.75, 3.05) is 0 Å². The molecule has 1 aromatic heterocycles. The van der Waals surface area contributed by atoms with Crippen LogP contribution in [0.25, 0.3) is 0 Å². The van der Waals surface area contributed by atoms with Gasteiger partial charge in [-0.05, 0) is 19.8 Å². The molecule has 1 heterocycles. The van der Waals surface area contributed by atoms with Crippen LogP contribution >= 0.6 is 0 Å². The molecule has 0 radical (unpaired) electrons. The standard InChI is InChI=1S/C9H13NO2/c1-3-9(7(2)11)4-8-5-10-12-6-8/h5-6,9H,3-4H2,1-2H3. The van der Waals surface area contributed by atoms with E-state index in [1.807, 2.05) is 6.92 Å². The first-order valence-corrected chi connectivity index (χ1v) is 4.12. The molecule has 0 spiro atoms. The van der Waals surface area contributed by atoms with Crippen LogP contribution in [0.5, 0.6) is 0 Å². The third kappa shape index (κ3) is 2.19. The van der Waals surface area contributed by atoms with E-state index in [0.717, 1.165) is 18.4 Å². The van der Waals surface area contributed by atoms with Crippen molar-refractivity contribution in [2.45, 2.75) is 26.7 Å². The lowest BCUT2D eigenvalue weighted by atomic mass is 9.95. The van der Waals surface area contributed by atoms with Gasteiger partial charge in [0.25, 0.3) is 0 Å². The lowest BCUT2D eigenvalue weighted by Crippen LogP contribution is -2.12. The normalized spacial score (nSPS) is 12.8. The Morgan fingerprint density at radius 1 is 1.75 bits per heavy atom. The zero-order valence-electron chi connectivity index (χ0n) is 7.41. The lowest BCUT2D eigenvalue weighted by Gasteiger charge is -2.07. The Balaban J connectivity index is 2.54. The smallest absolute Gasteiger partial charge is 0.133 e. The molecule has 1 unspecified atom stereocenters. The summed E-state index contributed by atoms with van der Waals surface area (Å²) in [4.78, 5) is 11.1. The molecular formula is C9H13NO2. The summed E-state index contributed by atoms with van der Waals surface area (Å²) in [7, 11) is 0. The summed E-state index contributed by atoms with van der Waals surface area (Å²) in [5.74, 6) is 0.350. The van der Waals surface area contributed by atoms with Crippen LogP contribution < -0.4 is 0 Å². The quantitative estimate of drug-likeness (QED) is 0.687. The summed E-state index contributed by atoms with van der Waals surface area (Å²) >= 11 is 0. The fourth-order valence-corrected chi connectivity index (χ4v) is 1.19. The number of Topliss-reactive ketones (excluding diaryl/α,β-unsaturated/α-hetero) is 1. The molecule has 0 N–H and O–H groups in total. The van der Waals surface area contributed by atoms with Crippen LogP contribution in [-0.4, -0.2) is 10.9 Å². The summed E-state index contributed by atoms with van der Waals surface area (Å²) in [6, 6.07) is 0. The van der Waals surface area contributed by atoms with E-state index in [-0.39, 0.29) is 11.7 Å². The topological polar surface area (TPSA) is 43.1 Å². The molecule has 66 valence electrons. The van der Waals surface area contributed by atoms with Crippen LogP contribution in [0.1, 0.15) is 25.8 Å². The van der Waals surface area contributed by atoms with Crippen molar-refractivity contribution in [2.24, 2.45) is 5.92 Å². The molecule has 0 saturated heterocycles. The van der Waals surface area contributed by atoms with E-state index in [9.17, 15) is 4.79 Å². The molecule has 12 heavy (non-hydrogen) atoms. The Bertz CT molecular complexity index is 241. The molecule has 1 rings (SSSR count). The van der Waals surface area contributed by atoms with E-state index >= 15 is 0 Å². The molecule has 0 bridgehead atoms. The van der Waals surface area contributed by atoms with E-state index in [2.05, 4.69) is 9.68 Å². The van der Waals surface area contributed by atoms with Crippen LogP contribution in [0.4, 0.5) is 0 Å². The van der Waals surface area contributed by atoms with E-state index in [1.165, 1.54) is 0 Å². The van der Waals surface area contributed by atoms with Crippen molar-refractivity contribution in [3.8, 4) is 0 Å². The summed E-state index contributed by atoms with van der Waals surface area (Å²) < 4.78 is 4.68. The van der Waals surface area contributed by atoms with Gasteiger partial charge in [-0.15, -0.1) is 0 Å². The van der Waals surface area contributed by atoms with Crippen molar-refractivity contribution in [1.29, 1.82) is 0 Å². The molecule has 0 aliphatic heterocycles. The number of hydrogen-bond donors (Lipinski definition) is 0. The van der Waals surface area contributed by atoms with Crippen molar-refractivity contribution >= 4 is 5.78 Å². The van der Waals surface area contributed by atoms with Crippen molar-refractivity contribution in [1.82, 2.24) is 5.16 Å². The fraction of sp³-hybridized carbons (Fsp3) is 0.556. The van der Waals surface area contributed by atoms with E-state index in [4.69, 9.17) is 0 Å². The third-order valence-electron chi connectivity index (χ3n) is 2.03. The van der Waals surface area contributed by atoms with Gasteiger partial charge in [0.1, 0.15) is 12.0 Å². The van der Waals surface area contributed by atoms with Gasteiger partial charge in [-0.1, -0.05) is 12.1 Å². The fourth-order valence-electron chi connectivity index (χ4n) is 1.19. The van der Waals surface area contributed by atoms with Gasteiger partial charge in [-0.3, -0.25) is 4.79 Å². The van der Waals surface area contributed by atoms with Crippen LogP contribution in [0, 0.1) is 5.92 Å². The summed E-state index contributed by atoms with van der Waals surface area (Å²) in [5.41, 5.74) is 0.997. The zero-order chi connectivity index (χ0) is 8.97. The maximum Gasteiger partial charge on any atom is 0.133 e. The second kappa shape index (κ2) is 4.04. The highest BCUT2D eigenvalue weighted by Gasteiger charge is 2.12. The van der Waals surface area contributed by atoms with Gasteiger partial charge in [0, 0.05) is 11.5 Å². The number of rotatable bonds is 4. The van der Waals surface area contributed by atoms with Gasteiger partial charge in [0.2, 0.25) is 0 Å². The highest BCUT2D eigenvalue weighted by molar-refractivity contribution is 5.78. The lowest BCUT2D eigenvalue weighted by molar-refractivity contribution is -0.120. The first-order chi connectivity index (χ1) is 5.74. The Labute approximate surface area is 71.7 Å². The molecule has 0 aliphatic rings. The third-order valence-corrected chi connectivity index (χ3v) is 2.03. The monoisotopic (exact) mass is 167 g/mol. The maximum absolute atomic E-state index is 11.1. The molecule has 0 aliphatic carbocycles. The van der Waals surface area contributed by atoms with E-state index in [0.29, 0.717) is 0 Å². The number of hydrogen-bond acceptors (Lipinski definition) is 3. The predicted molar refractivity (Wildman–Crippen MR) is 44.7 cm³/mol. The molecule has 3 nitrogen and oxygen atoms in total. The summed E-state index contributed by atoms with van der Waals surface area (Å²) in [6.45, 7) is 3.64. The van der Waals surface area contributed by atoms with Gasteiger partial charge >= 0.3 is 0 Å². The second-order valence-electron chi connectivity index (χ2n) is 2.95. The first kappa shape index (κ1) is 8.97. The molecule has 1 atom stereocenters. The van der Waals surface area contributed by atoms with E-state index in [1.54, 1.807) is 19.4 Å². The maximum atomic E-state index is 11.1. The number of ketones is 1. The first-order valence-electron chi connectivity index (χ1n) is 4.12. The van der Waals surface area contributed by atoms with Crippen LogP contribution in [0.2, 0.25) is 0 Å². The predicted octanol–water partition coefficient (Wildman–Crippen LogP) is 1.83. The minimum atomic E-state index is 0.115. The Morgan fingerprint density at radius 2 is 2.50 bits per heavy atom. The van der Waals surface area contributed by atoms with Gasteiger partial charge in [-0.25, -0.2) is 0 Å². The number of carbonyl (C=O) groups is 1. The molecule has 0 aromatic carbocycles. The molecule has 0 amide bonds. The molecule has 1 aromatic rings. The molecule has 0 fully saturated rings.